The molecular formula is C15H24N4O2. The highest BCUT2D eigenvalue weighted by atomic mass is 16.2. The smallest absolute Gasteiger partial charge is 0.240 e. The average molecular weight is 292 g/mol. The molecule has 0 saturated heterocycles. The first-order chi connectivity index (χ1) is 9.97. The first-order valence-electron chi connectivity index (χ1n) is 7.09. The topological polar surface area (TPSA) is 78.7 Å². The van der Waals surface area contributed by atoms with E-state index in [-0.39, 0.29) is 24.9 Å². The van der Waals surface area contributed by atoms with E-state index >= 15 is 0 Å². The number of carbonyl (C=O) groups is 2. The van der Waals surface area contributed by atoms with E-state index < -0.39 is 0 Å². The summed E-state index contributed by atoms with van der Waals surface area (Å²) in [6.45, 7) is 5.46. The molecule has 0 unspecified atom stereocenters. The molecule has 0 aliphatic heterocycles. The molecule has 0 aromatic heterocycles. The Kier molecular flexibility index (Phi) is 6.68. The third kappa shape index (κ3) is 5.43. The number of nitrogens with two attached hydrogens (primary N) is 1. The van der Waals surface area contributed by atoms with Crippen molar-refractivity contribution in [3.8, 4) is 0 Å². The predicted octanol–water partition coefficient (Wildman–Crippen LogP) is 0.690. The molecule has 21 heavy (non-hydrogen) atoms. The first kappa shape index (κ1) is 17.0. The lowest BCUT2D eigenvalue weighted by molar-refractivity contribution is -0.123. The van der Waals surface area contributed by atoms with Gasteiger partial charge in [-0.15, -0.1) is 0 Å². The van der Waals surface area contributed by atoms with E-state index in [1.165, 1.54) is 0 Å². The molecule has 1 aromatic carbocycles. The Bertz CT molecular complexity index is 473. The molecule has 0 heterocycles. The Morgan fingerprint density at radius 3 is 2.29 bits per heavy atom. The Hall–Kier alpha value is -2.08. The van der Waals surface area contributed by atoms with E-state index in [1.807, 2.05) is 13.8 Å². The molecule has 1 aromatic rings. The van der Waals surface area contributed by atoms with Crippen LogP contribution in [-0.2, 0) is 9.59 Å². The number of nitrogen functional groups attached to an aromatic ring is 1. The van der Waals surface area contributed by atoms with Crippen LogP contribution < -0.4 is 16.0 Å². The van der Waals surface area contributed by atoms with Crippen molar-refractivity contribution < 1.29 is 9.59 Å². The molecule has 0 bridgehead atoms. The molecular weight excluding hydrogens is 268 g/mol. The van der Waals surface area contributed by atoms with Gasteiger partial charge in [0.25, 0.3) is 0 Å². The quantitative estimate of drug-likeness (QED) is 0.725. The maximum atomic E-state index is 12.3. The Balaban J connectivity index is 2.60. The summed E-state index contributed by atoms with van der Waals surface area (Å²) < 4.78 is 0. The van der Waals surface area contributed by atoms with Crippen LogP contribution in [0.5, 0.6) is 0 Å². The Morgan fingerprint density at radius 1 is 1.14 bits per heavy atom. The van der Waals surface area contributed by atoms with Crippen LogP contribution in [0.25, 0.3) is 0 Å². The molecule has 0 aliphatic rings. The first-order valence-corrected chi connectivity index (χ1v) is 7.09. The maximum Gasteiger partial charge on any atom is 0.240 e. The number of amides is 2. The second-order valence-electron chi connectivity index (χ2n) is 4.80. The van der Waals surface area contributed by atoms with Gasteiger partial charge in [-0.1, -0.05) is 6.92 Å². The van der Waals surface area contributed by atoms with Gasteiger partial charge < -0.3 is 16.0 Å². The molecule has 0 saturated carbocycles. The summed E-state index contributed by atoms with van der Waals surface area (Å²) in [4.78, 5) is 27.2. The van der Waals surface area contributed by atoms with Crippen LogP contribution in [0.4, 0.5) is 11.4 Å². The standard InChI is InChI=1S/C15H24N4O2/c1-4-17-14(20)10-19(5-2)11-15(21)18(3)13-8-6-12(16)7-9-13/h6-9H,4-5,10-11,16H2,1-3H3,(H,17,20). The van der Waals surface area contributed by atoms with Crippen molar-refractivity contribution in [2.75, 3.05) is 43.9 Å². The van der Waals surface area contributed by atoms with Gasteiger partial charge in [-0.2, -0.15) is 0 Å². The lowest BCUT2D eigenvalue weighted by Gasteiger charge is -2.23. The normalized spacial score (nSPS) is 10.5. The highest BCUT2D eigenvalue weighted by molar-refractivity contribution is 5.94. The Labute approximate surface area is 125 Å². The molecule has 3 N–H and O–H groups in total. The third-order valence-corrected chi connectivity index (χ3v) is 3.20. The molecule has 0 spiro atoms. The van der Waals surface area contributed by atoms with Crippen LogP contribution in [0.2, 0.25) is 0 Å². The number of nitrogens with one attached hydrogen (secondary N) is 1. The Morgan fingerprint density at radius 2 is 1.76 bits per heavy atom. The van der Waals surface area contributed by atoms with E-state index in [4.69, 9.17) is 5.73 Å². The summed E-state index contributed by atoms with van der Waals surface area (Å²) in [7, 11) is 1.72. The van der Waals surface area contributed by atoms with Crippen LogP contribution >= 0.6 is 0 Å². The molecule has 6 heteroatoms. The molecule has 116 valence electrons. The zero-order valence-electron chi connectivity index (χ0n) is 12.9. The third-order valence-electron chi connectivity index (χ3n) is 3.20. The molecule has 6 nitrogen and oxygen atoms in total. The van der Waals surface area contributed by atoms with Crippen molar-refractivity contribution in [2.45, 2.75) is 13.8 Å². The van der Waals surface area contributed by atoms with Crippen LogP contribution in [0.15, 0.2) is 24.3 Å². The predicted molar refractivity (Wildman–Crippen MR) is 85.1 cm³/mol. The van der Waals surface area contributed by atoms with E-state index in [9.17, 15) is 9.59 Å². The number of nitrogens with zero attached hydrogens (tertiary/aromatic N) is 2. The molecule has 1 rings (SSSR count). The summed E-state index contributed by atoms with van der Waals surface area (Å²) in [6, 6.07) is 7.11. The van der Waals surface area contributed by atoms with E-state index in [0.29, 0.717) is 18.8 Å². The van der Waals surface area contributed by atoms with E-state index in [0.717, 1.165) is 5.69 Å². The molecule has 2 amide bonds. The van der Waals surface area contributed by atoms with Crippen molar-refractivity contribution >= 4 is 23.2 Å². The second-order valence-corrected chi connectivity index (χ2v) is 4.80. The van der Waals surface area contributed by atoms with Crippen LogP contribution in [-0.4, -0.2) is 49.9 Å². The van der Waals surface area contributed by atoms with E-state index in [2.05, 4.69) is 5.32 Å². The zero-order valence-corrected chi connectivity index (χ0v) is 12.9. The second kappa shape index (κ2) is 8.26. The summed E-state index contributed by atoms with van der Waals surface area (Å²) in [5.41, 5.74) is 7.07. The number of likely N-dealkylation sites (N-methyl/N-ethyl adjacent to an activating group) is 3. The number of hydrogen-bond donors (Lipinski definition) is 2. The van der Waals surface area contributed by atoms with Crippen LogP contribution in [0, 0.1) is 0 Å². The summed E-state index contributed by atoms with van der Waals surface area (Å²) in [5, 5.41) is 2.73. The lowest BCUT2D eigenvalue weighted by Crippen LogP contribution is -2.43. The SMILES string of the molecule is CCNC(=O)CN(CC)CC(=O)N(C)c1ccc(N)cc1. The maximum absolute atomic E-state index is 12.3. The van der Waals surface area contributed by atoms with E-state index in [1.54, 1.807) is 41.1 Å². The number of rotatable bonds is 7. The van der Waals surface area contributed by atoms with Crippen LogP contribution in [0.1, 0.15) is 13.8 Å². The fourth-order valence-electron chi connectivity index (χ4n) is 1.87. The molecule has 0 atom stereocenters. The minimum Gasteiger partial charge on any atom is -0.399 e. The number of anilines is 2. The summed E-state index contributed by atoms with van der Waals surface area (Å²) >= 11 is 0. The largest absolute Gasteiger partial charge is 0.399 e. The van der Waals surface area contributed by atoms with Gasteiger partial charge in [-0.3, -0.25) is 14.5 Å². The highest BCUT2D eigenvalue weighted by Gasteiger charge is 2.16. The van der Waals surface area contributed by atoms with Gasteiger partial charge in [0.05, 0.1) is 13.1 Å². The van der Waals surface area contributed by atoms with Gasteiger partial charge in [0.1, 0.15) is 0 Å². The van der Waals surface area contributed by atoms with Crippen molar-refractivity contribution in [1.29, 1.82) is 0 Å². The fourth-order valence-corrected chi connectivity index (χ4v) is 1.87. The number of benzene rings is 1. The number of carbonyl (C=O) groups excluding carboxylic acids is 2. The summed E-state index contributed by atoms with van der Waals surface area (Å²) in [6.07, 6.45) is 0. The highest BCUT2D eigenvalue weighted by Crippen LogP contribution is 2.15. The van der Waals surface area contributed by atoms with Gasteiger partial charge in [0, 0.05) is 25.0 Å². The van der Waals surface area contributed by atoms with Crippen LogP contribution in [0.3, 0.4) is 0 Å². The number of hydrogen-bond acceptors (Lipinski definition) is 4. The van der Waals surface area contributed by atoms with Crippen molar-refractivity contribution in [3.05, 3.63) is 24.3 Å². The monoisotopic (exact) mass is 292 g/mol. The fraction of sp³-hybridized carbons (Fsp3) is 0.467. The van der Waals surface area contributed by atoms with Crippen molar-refractivity contribution in [1.82, 2.24) is 10.2 Å². The summed E-state index contributed by atoms with van der Waals surface area (Å²) in [5.74, 6) is -0.131. The zero-order chi connectivity index (χ0) is 15.8. The van der Waals surface area contributed by atoms with Gasteiger partial charge in [-0.25, -0.2) is 0 Å². The minimum absolute atomic E-state index is 0.0640. The van der Waals surface area contributed by atoms with Crippen molar-refractivity contribution in [3.63, 3.8) is 0 Å². The molecule has 0 fully saturated rings. The minimum atomic E-state index is -0.0673. The van der Waals surface area contributed by atoms with Gasteiger partial charge in [-0.05, 0) is 37.7 Å². The van der Waals surface area contributed by atoms with Gasteiger partial charge >= 0.3 is 0 Å². The van der Waals surface area contributed by atoms with Gasteiger partial charge in [0.2, 0.25) is 11.8 Å². The average Bonchev–Trinajstić information content (AvgIpc) is 2.46. The molecule has 0 aliphatic carbocycles. The van der Waals surface area contributed by atoms with Gasteiger partial charge in [0.15, 0.2) is 0 Å². The molecule has 0 radical (unpaired) electrons. The lowest BCUT2D eigenvalue weighted by atomic mass is 10.2. The van der Waals surface area contributed by atoms with Crippen molar-refractivity contribution in [2.24, 2.45) is 0 Å².